The van der Waals surface area contributed by atoms with Crippen molar-refractivity contribution in [1.29, 1.82) is 0 Å². The van der Waals surface area contributed by atoms with Crippen LogP contribution < -0.4 is 5.32 Å². The highest BCUT2D eigenvalue weighted by molar-refractivity contribution is 6.04. The van der Waals surface area contributed by atoms with Gasteiger partial charge in [-0.25, -0.2) is 19.3 Å². The van der Waals surface area contributed by atoms with Crippen molar-refractivity contribution in [2.24, 2.45) is 0 Å². The summed E-state index contributed by atoms with van der Waals surface area (Å²) in [7, 11) is 0. The lowest BCUT2D eigenvalue weighted by molar-refractivity contribution is 0.102. The minimum Gasteiger partial charge on any atom is -0.327 e. The molecule has 1 fully saturated rings. The van der Waals surface area contributed by atoms with Crippen molar-refractivity contribution in [3.05, 3.63) is 77.9 Å². The fraction of sp³-hybridized carbons (Fsp3) is 0.280. The van der Waals surface area contributed by atoms with Gasteiger partial charge >= 0.3 is 0 Å². The Kier molecular flexibility index (Phi) is 4.44. The zero-order valence-electron chi connectivity index (χ0n) is 21.3. The van der Waals surface area contributed by atoms with Crippen molar-refractivity contribution >= 4 is 11.7 Å². The number of aromatic nitrogens is 5. The molecule has 5 rings (SSSR count). The van der Waals surface area contributed by atoms with E-state index in [9.17, 15) is 9.18 Å². The molecule has 4 aromatic rings. The van der Waals surface area contributed by atoms with Gasteiger partial charge in [0, 0.05) is 34.7 Å². The molecule has 1 N–H and O–H groups in total. The first-order valence-corrected chi connectivity index (χ1v) is 10.8. The van der Waals surface area contributed by atoms with Gasteiger partial charge in [0.05, 0.1) is 23.3 Å². The van der Waals surface area contributed by atoms with Crippen LogP contribution >= 0.6 is 0 Å². The van der Waals surface area contributed by atoms with Crippen molar-refractivity contribution in [3.8, 4) is 17.2 Å². The number of rotatable bonds is 6. The SMILES string of the molecule is [2H]C([2H])([2H])C(C)n1ccnc1-c1cccc(NC(=O)c2cc(-n3cnc(C4CC4)c3)c(C)cc2F)n1. The molecule has 3 aromatic heterocycles. The second-order valence-corrected chi connectivity index (χ2v) is 8.29. The Hall–Kier alpha value is -3.81. The summed E-state index contributed by atoms with van der Waals surface area (Å²) in [5.74, 6) is -0.278. The van der Waals surface area contributed by atoms with Gasteiger partial charge in [-0.05, 0) is 63.4 Å². The van der Waals surface area contributed by atoms with Crippen molar-refractivity contribution in [3.63, 3.8) is 0 Å². The molecular formula is C25H25FN6O. The van der Waals surface area contributed by atoms with Crippen LogP contribution in [-0.2, 0) is 0 Å². The number of pyridine rings is 1. The molecule has 7 nitrogen and oxygen atoms in total. The van der Waals surface area contributed by atoms with Crippen LogP contribution in [0.25, 0.3) is 17.2 Å². The third-order valence-corrected chi connectivity index (χ3v) is 5.71. The van der Waals surface area contributed by atoms with E-state index in [1.165, 1.54) is 22.9 Å². The number of nitrogens with zero attached hydrogens (tertiary/aromatic N) is 5. The molecule has 3 heterocycles. The van der Waals surface area contributed by atoms with E-state index in [0.717, 1.165) is 18.5 Å². The lowest BCUT2D eigenvalue weighted by Crippen LogP contribution is -2.16. The standard InChI is InChI=1S/C25H25FN6O/c1-15(2)32-10-9-27-24(32)20-5-4-6-23(29-20)30-25(33)18-12-22(16(3)11-19(18)26)31-13-21(28-14-31)17-7-8-17/h4-6,9-15,17H,7-8H2,1-3H3,(H,29,30,33)/i1D3. The molecule has 0 saturated heterocycles. The first-order valence-electron chi connectivity index (χ1n) is 12.3. The fourth-order valence-corrected chi connectivity index (χ4v) is 3.81. The Balaban J connectivity index is 1.41. The summed E-state index contributed by atoms with van der Waals surface area (Å²) in [5.41, 5.74) is 2.60. The first-order chi connectivity index (χ1) is 17.1. The smallest absolute Gasteiger partial charge is 0.259 e. The summed E-state index contributed by atoms with van der Waals surface area (Å²) in [5, 5.41) is 2.65. The molecule has 33 heavy (non-hydrogen) atoms. The van der Waals surface area contributed by atoms with Gasteiger partial charge in [-0.15, -0.1) is 0 Å². The number of imidazole rings is 2. The lowest BCUT2D eigenvalue weighted by atomic mass is 10.1. The van der Waals surface area contributed by atoms with E-state index >= 15 is 0 Å². The number of halogens is 1. The molecule has 168 valence electrons. The van der Waals surface area contributed by atoms with E-state index in [-0.39, 0.29) is 11.4 Å². The lowest BCUT2D eigenvalue weighted by Gasteiger charge is -2.13. The Morgan fingerprint density at radius 2 is 2.15 bits per heavy atom. The van der Waals surface area contributed by atoms with E-state index in [1.807, 2.05) is 10.8 Å². The Labute approximate surface area is 195 Å². The number of hydrogen-bond acceptors (Lipinski definition) is 4. The topological polar surface area (TPSA) is 77.6 Å². The van der Waals surface area contributed by atoms with Crippen LogP contribution in [0, 0.1) is 12.7 Å². The summed E-state index contributed by atoms with van der Waals surface area (Å²) in [4.78, 5) is 26.2. The zero-order chi connectivity index (χ0) is 25.6. The van der Waals surface area contributed by atoms with Crippen molar-refractivity contribution in [1.82, 2.24) is 24.1 Å². The quantitative estimate of drug-likeness (QED) is 0.436. The second kappa shape index (κ2) is 8.27. The van der Waals surface area contributed by atoms with Crippen LogP contribution in [0.1, 0.15) is 64.3 Å². The molecule has 0 bridgehead atoms. The fourth-order valence-electron chi connectivity index (χ4n) is 3.81. The van der Waals surface area contributed by atoms with Crippen LogP contribution in [0.2, 0.25) is 0 Å². The van der Waals surface area contributed by atoms with Crippen LogP contribution in [-0.4, -0.2) is 30.0 Å². The van der Waals surface area contributed by atoms with Crippen LogP contribution in [0.4, 0.5) is 10.2 Å². The van der Waals surface area contributed by atoms with Gasteiger partial charge in [-0.3, -0.25) is 4.79 Å². The summed E-state index contributed by atoms with van der Waals surface area (Å²) < 4.78 is 41.3. The summed E-state index contributed by atoms with van der Waals surface area (Å²) in [6.07, 6.45) is 8.92. The molecule has 0 spiro atoms. The molecular weight excluding hydrogens is 419 g/mol. The third kappa shape index (κ3) is 4.16. The third-order valence-electron chi connectivity index (χ3n) is 5.71. The number of benzene rings is 1. The minimum absolute atomic E-state index is 0.123. The monoisotopic (exact) mass is 447 g/mol. The second-order valence-electron chi connectivity index (χ2n) is 8.29. The zero-order valence-corrected chi connectivity index (χ0v) is 18.3. The van der Waals surface area contributed by atoms with Gasteiger partial charge < -0.3 is 14.5 Å². The van der Waals surface area contributed by atoms with Gasteiger partial charge in [0.25, 0.3) is 5.91 Å². The highest BCUT2D eigenvalue weighted by Gasteiger charge is 2.26. The molecule has 1 aliphatic carbocycles. The number of carbonyl (C=O) groups is 1. The highest BCUT2D eigenvalue weighted by Crippen LogP contribution is 2.39. The number of anilines is 1. The summed E-state index contributed by atoms with van der Waals surface area (Å²) in [6, 6.07) is 6.93. The van der Waals surface area contributed by atoms with Gasteiger partial charge in [-0.2, -0.15) is 0 Å². The van der Waals surface area contributed by atoms with Crippen molar-refractivity contribution in [2.45, 2.75) is 45.5 Å². The minimum atomic E-state index is -2.23. The van der Waals surface area contributed by atoms with Gasteiger partial charge in [0.15, 0.2) is 5.82 Å². The Morgan fingerprint density at radius 3 is 2.94 bits per heavy atom. The molecule has 1 atom stereocenters. The van der Waals surface area contributed by atoms with Gasteiger partial charge in [0.2, 0.25) is 0 Å². The molecule has 1 aliphatic rings. The summed E-state index contributed by atoms with van der Waals surface area (Å²) >= 11 is 0. The van der Waals surface area contributed by atoms with E-state index in [0.29, 0.717) is 28.7 Å². The van der Waals surface area contributed by atoms with Gasteiger partial charge in [0.1, 0.15) is 17.3 Å². The molecule has 0 aliphatic heterocycles. The van der Waals surface area contributed by atoms with E-state index in [1.54, 1.807) is 44.6 Å². The van der Waals surface area contributed by atoms with Crippen molar-refractivity contribution < 1.29 is 13.3 Å². The van der Waals surface area contributed by atoms with Crippen molar-refractivity contribution in [2.75, 3.05) is 5.32 Å². The average molecular weight is 448 g/mol. The largest absolute Gasteiger partial charge is 0.327 e. The maximum Gasteiger partial charge on any atom is 0.259 e. The first kappa shape index (κ1) is 17.7. The van der Waals surface area contributed by atoms with E-state index < -0.39 is 24.6 Å². The Morgan fingerprint density at radius 1 is 1.30 bits per heavy atom. The molecule has 1 aromatic carbocycles. The van der Waals surface area contributed by atoms with Gasteiger partial charge in [-0.1, -0.05) is 6.07 Å². The predicted molar refractivity (Wildman–Crippen MR) is 124 cm³/mol. The molecule has 0 radical (unpaired) electrons. The number of hydrogen-bond donors (Lipinski definition) is 1. The maximum atomic E-state index is 14.8. The highest BCUT2D eigenvalue weighted by atomic mass is 19.1. The molecule has 1 unspecified atom stereocenters. The van der Waals surface area contributed by atoms with Crippen LogP contribution in [0.15, 0.2) is 55.2 Å². The number of amides is 1. The van der Waals surface area contributed by atoms with E-state index in [4.69, 9.17) is 4.11 Å². The van der Waals surface area contributed by atoms with Crippen LogP contribution in [0.5, 0.6) is 0 Å². The number of nitrogens with one attached hydrogen (secondary N) is 1. The summed E-state index contributed by atoms with van der Waals surface area (Å²) in [6.45, 7) is 1.14. The number of carbonyl (C=O) groups excluding carboxylic acids is 1. The predicted octanol–water partition coefficient (Wildman–Crippen LogP) is 5.29. The molecule has 1 saturated carbocycles. The normalized spacial score (nSPS) is 16.0. The molecule has 8 heteroatoms. The van der Waals surface area contributed by atoms with E-state index in [2.05, 4.69) is 20.3 Å². The Bertz CT molecular complexity index is 1440. The average Bonchev–Trinajstić information content (AvgIpc) is 3.35. The maximum absolute atomic E-state index is 14.8. The molecule has 1 amide bonds. The van der Waals surface area contributed by atoms with Crippen LogP contribution in [0.3, 0.4) is 0 Å². The number of aryl methyl sites for hydroxylation is 1.